The van der Waals surface area contributed by atoms with E-state index in [1.807, 2.05) is 0 Å². The van der Waals surface area contributed by atoms with Crippen LogP contribution in [-0.4, -0.2) is 44.5 Å². The Morgan fingerprint density at radius 1 is 0.967 bits per heavy atom. The number of rotatable bonds is 4. The Kier molecular flexibility index (Phi) is 4.94. The van der Waals surface area contributed by atoms with Gasteiger partial charge in [0, 0.05) is 37.4 Å². The molecule has 2 aromatic rings. The van der Waals surface area contributed by atoms with Crippen molar-refractivity contribution in [3.8, 4) is 0 Å². The van der Waals surface area contributed by atoms with Crippen LogP contribution < -0.4 is 5.32 Å². The first-order valence-corrected chi connectivity index (χ1v) is 12.7. The van der Waals surface area contributed by atoms with E-state index >= 15 is 0 Å². The number of piperidine rings is 1. The molecule has 3 aliphatic carbocycles. The van der Waals surface area contributed by atoms with Crippen LogP contribution in [-0.2, 0) is 14.8 Å². The first-order chi connectivity index (χ1) is 14.4. The fourth-order valence-electron chi connectivity index (χ4n) is 5.79. The van der Waals surface area contributed by atoms with E-state index in [-0.39, 0.29) is 11.8 Å². The minimum absolute atomic E-state index is 0.0752. The molecule has 1 heterocycles. The van der Waals surface area contributed by atoms with Gasteiger partial charge in [-0.1, -0.05) is 48.5 Å². The fraction of sp³-hybridized carbons (Fsp3) is 0.458. The molecule has 2 aromatic carbocycles. The number of hydrogen-bond acceptors (Lipinski definition) is 3. The lowest BCUT2D eigenvalue weighted by molar-refractivity contribution is -0.126. The maximum atomic E-state index is 12.8. The molecule has 1 amide bonds. The normalized spacial score (nSPS) is 26.1. The molecule has 5 nitrogen and oxygen atoms in total. The largest absolute Gasteiger partial charge is 0.356 e. The first-order valence-electron chi connectivity index (χ1n) is 10.8. The molecule has 30 heavy (non-hydrogen) atoms. The molecule has 6 heteroatoms. The van der Waals surface area contributed by atoms with Gasteiger partial charge in [0.2, 0.25) is 15.9 Å². The third kappa shape index (κ3) is 3.36. The van der Waals surface area contributed by atoms with E-state index in [0.717, 1.165) is 6.42 Å². The number of sulfonamides is 1. The summed E-state index contributed by atoms with van der Waals surface area (Å²) in [7, 11) is -3.17. The highest BCUT2D eigenvalue weighted by Crippen LogP contribution is 2.55. The first kappa shape index (κ1) is 19.8. The lowest BCUT2D eigenvalue weighted by Crippen LogP contribution is -2.45. The van der Waals surface area contributed by atoms with Crippen molar-refractivity contribution in [3.63, 3.8) is 0 Å². The summed E-state index contributed by atoms with van der Waals surface area (Å²) in [5.41, 5.74) is 5.70. The molecule has 1 aliphatic heterocycles. The molecule has 0 saturated carbocycles. The summed E-state index contributed by atoms with van der Waals surface area (Å²) in [5, 5.41) is 3.22. The highest BCUT2D eigenvalue weighted by molar-refractivity contribution is 7.88. The van der Waals surface area contributed by atoms with E-state index < -0.39 is 10.0 Å². The molecule has 2 bridgehead atoms. The summed E-state index contributed by atoms with van der Waals surface area (Å²) in [6.45, 7) is 1.55. The minimum Gasteiger partial charge on any atom is -0.356 e. The van der Waals surface area contributed by atoms with Gasteiger partial charge in [0.15, 0.2) is 0 Å². The quantitative estimate of drug-likeness (QED) is 0.820. The average molecular weight is 425 g/mol. The van der Waals surface area contributed by atoms with Crippen LogP contribution in [0.25, 0.3) is 0 Å². The second-order valence-electron chi connectivity index (χ2n) is 8.97. The van der Waals surface area contributed by atoms with Gasteiger partial charge in [-0.15, -0.1) is 0 Å². The van der Waals surface area contributed by atoms with Gasteiger partial charge >= 0.3 is 0 Å². The Bertz CT molecular complexity index is 1030. The smallest absolute Gasteiger partial charge is 0.223 e. The summed E-state index contributed by atoms with van der Waals surface area (Å²) >= 11 is 0. The van der Waals surface area contributed by atoms with E-state index in [1.54, 1.807) is 0 Å². The van der Waals surface area contributed by atoms with Gasteiger partial charge in [0.25, 0.3) is 0 Å². The molecular weight excluding hydrogens is 396 g/mol. The Labute approximate surface area is 178 Å². The van der Waals surface area contributed by atoms with Crippen LogP contribution in [0.1, 0.15) is 53.4 Å². The Morgan fingerprint density at radius 3 is 2.03 bits per heavy atom. The third-order valence-electron chi connectivity index (χ3n) is 7.26. The number of amides is 1. The lowest BCUT2D eigenvalue weighted by Gasteiger charge is -2.45. The van der Waals surface area contributed by atoms with Crippen molar-refractivity contribution in [2.45, 2.75) is 31.1 Å². The van der Waals surface area contributed by atoms with Crippen LogP contribution in [0.5, 0.6) is 0 Å². The summed E-state index contributed by atoms with van der Waals surface area (Å²) in [6, 6.07) is 17.5. The van der Waals surface area contributed by atoms with Gasteiger partial charge < -0.3 is 5.32 Å². The number of carbonyl (C=O) groups excluding carboxylic acids is 1. The van der Waals surface area contributed by atoms with Crippen molar-refractivity contribution >= 4 is 15.9 Å². The monoisotopic (exact) mass is 424 g/mol. The number of nitrogens with one attached hydrogen (secondary N) is 1. The highest BCUT2D eigenvalue weighted by Gasteiger charge is 2.43. The van der Waals surface area contributed by atoms with Crippen molar-refractivity contribution in [1.82, 2.24) is 9.62 Å². The molecule has 0 spiro atoms. The van der Waals surface area contributed by atoms with Gasteiger partial charge in [-0.3, -0.25) is 4.79 Å². The number of fused-ring (bicyclic) bond motifs is 1. The topological polar surface area (TPSA) is 66.5 Å². The van der Waals surface area contributed by atoms with Crippen molar-refractivity contribution in [2.75, 3.05) is 25.9 Å². The summed E-state index contributed by atoms with van der Waals surface area (Å²) < 4.78 is 24.9. The minimum atomic E-state index is -3.17. The molecule has 6 rings (SSSR count). The van der Waals surface area contributed by atoms with Crippen LogP contribution in [0, 0.1) is 11.8 Å². The molecule has 0 aromatic heterocycles. The molecule has 158 valence electrons. The zero-order chi connectivity index (χ0) is 20.9. The van der Waals surface area contributed by atoms with Crippen molar-refractivity contribution < 1.29 is 13.2 Å². The fourth-order valence-corrected chi connectivity index (χ4v) is 6.66. The molecule has 1 saturated heterocycles. The Balaban J connectivity index is 1.29. The van der Waals surface area contributed by atoms with Gasteiger partial charge in [-0.05, 0) is 47.4 Å². The van der Waals surface area contributed by atoms with Gasteiger partial charge in [0.05, 0.1) is 6.26 Å². The van der Waals surface area contributed by atoms with Gasteiger partial charge in [0.1, 0.15) is 0 Å². The van der Waals surface area contributed by atoms with Crippen molar-refractivity contribution in [2.24, 2.45) is 11.8 Å². The van der Waals surface area contributed by atoms with E-state index in [0.29, 0.717) is 50.2 Å². The van der Waals surface area contributed by atoms with E-state index in [1.165, 1.54) is 32.8 Å². The molecular formula is C24H28N2O3S. The molecule has 1 N–H and O–H groups in total. The number of benzene rings is 2. The zero-order valence-corrected chi connectivity index (χ0v) is 18.1. The molecule has 0 unspecified atom stereocenters. The van der Waals surface area contributed by atoms with E-state index in [2.05, 4.69) is 53.8 Å². The van der Waals surface area contributed by atoms with Crippen LogP contribution in [0.2, 0.25) is 0 Å². The summed E-state index contributed by atoms with van der Waals surface area (Å²) in [6.07, 6.45) is 3.50. The molecule has 1 fully saturated rings. The van der Waals surface area contributed by atoms with Crippen molar-refractivity contribution in [1.29, 1.82) is 0 Å². The van der Waals surface area contributed by atoms with Crippen LogP contribution in [0.3, 0.4) is 0 Å². The maximum Gasteiger partial charge on any atom is 0.223 e. The third-order valence-corrected chi connectivity index (χ3v) is 8.56. The Morgan fingerprint density at radius 2 is 1.50 bits per heavy atom. The predicted molar refractivity (Wildman–Crippen MR) is 117 cm³/mol. The lowest BCUT2D eigenvalue weighted by atomic mass is 9.59. The molecule has 1 atom stereocenters. The zero-order valence-electron chi connectivity index (χ0n) is 17.3. The maximum absolute atomic E-state index is 12.8. The second kappa shape index (κ2) is 7.50. The van der Waals surface area contributed by atoms with Crippen LogP contribution in [0.4, 0.5) is 0 Å². The average Bonchev–Trinajstić information content (AvgIpc) is 2.77. The van der Waals surface area contributed by atoms with Crippen LogP contribution >= 0.6 is 0 Å². The SMILES string of the molecule is CS(=O)(=O)N1CCC(C(=O)NC[C@@H]2CC3c4ccccc4C2c2ccccc23)CC1. The van der Waals surface area contributed by atoms with Gasteiger partial charge in [-0.25, -0.2) is 12.7 Å². The summed E-state index contributed by atoms with van der Waals surface area (Å²) in [5.74, 6) is 1.10. The number of nitrogens with zero attached hydrogens (tertiary/aromatic N) is 1. The molecule has 0 radical (unpaired) electrons. The second-order valence-corrected chi connectivity index (χ2v) is 10.9. The van der Waals surface area contributed by atoms with Crippen LogP contribution in [0.15, 0.2) is 48.5 Å². The number of carbonyl (C=O) groups is 1. The highest BCUT2D eigenvalue weighted by atomic mass is 32.2. The summed E-state index contributed by atoms with van der Waals surface area (Å²) in [4.78, 5) is 12.8. The predicted octanol–water partition coefficient (Wildman–Crippen LogP) is 3.07. The number of hydrogen-bond donors (Lipinski definition) is 1. The van der Waals surface area contributed by atoms with E-state index in [4.69, 9.17) is 0 Å². The van der Waals surface area contributed by atoms with Gasteiger partial charge in [-0.2, -0.15) is 0 Å². The van der Waals surface area contributed by atoms with Crippen molar-refractivity contribution in [3.05, 3.63) is 70.8 Å². The Hall–Kier alpha value is -2.18. The van der Waals surface area contributed by atoms with E-state index in [9.17, 15) is 13.2 Å². The standard InChI is InChI=1S/C24H28N2O3S/c1-30(28,29)26-12-10-16(11-13-26)24(27)25-15-17-14-22-18-6-2-4-8-20(18)23(17)21-9-5-3-7-19(21)22/h2-9,16-17,22-23H,10-15H2,1H3,(H,25,27)/t17-,22?,23?/m0/s1. The molecule has 4 aliphatic rings.